The van der Waals surface area contributed by atoms with Gasteiger partial charge in [0.15, 0.2) is 0 Å². The number of halogens is 1. The molecule has 0 unspecified atom stereocenters. The Labute approximate surface area is 109 Å². The maximum atomic E-state index is 11.2. The molecule has 2 rings (SSSR count). The Bertz CT molecular complexity index is 430. The molecule has 0 radical (unpaired) electrons. The van der Waals surface area contributed by atoms with Gasteiger partial charge in [0.25, 0.3) is 0 Å². The van der Waals surface area contributed by atoms with E-state index in [4.69, 9.17) is 0 Å². The minimum atomic E-state index is -0.753. The molecule has 17 heavy (non-hydrogen) atoms. The Morgan fingerprint density at radius 3 is 2.76 bits per heavy atom. The topological polar surface area (TPSA) is 40.5 Å². The summed E-state index contributed by atoms with van der Waals surface area (Å²) in [5, 5.41) is 9.19. The van der Waals surface area contributed by atoms with Crippen LogP contribution in [0.1, 0.15) is 12.0 Å². The lowest BCUT2D eigenvalue weighted by molar-refractivity contribution is -0.143. The Hall–Kier alpha value is -1.13. The second kappa shape index (κ2) is 5.47. The fraction of sp³-hybridized carbons (Fsp3) is 0.308. The summed E-state index contributed by atoms with van der Waals surface area (Å²) in [5.41, 5.74) is 1.14. The van der Waals surface area contributed by atoms with Crippen molar-refractivity contribution in [3.05, 3.63) is 46.5 Å². The molecule has 0 aliphatic carbocycles. The van der Waals surface area contributed by atoms with Gasteiger partial charge in [0, 0.05) is 17.6 Å². The highest BCUT2D eigenvalue weighted by Crippen LogP contribution is 2.22. The minimum Gasteiger partial charge on any atom is -0.480 e. The molecule has 1 aliphatic heterocycles. The molecule has 0 fully saturated rings. The lowest BCUT2D eigenvalue weighted by atomic mass is 10.1. The van der Waals surface area contributed by atoms with Crippen molar-refractivity contribution in [3.63, 3.8) is 0 Å². The van der Waals surface area contributed by atoms with Gasteiger partial charge in [-0.15, -0.1) is 0 Å². The van der Waals surface area contributed by atoms with Crippen molar-refractivity contribution in [2.24, 2.45) is 0 Å². The van der Waals surface area contributed by atoms with E-state index in [9.17, 15) is 9.90 Å². The smallest absolute Gasteiger partial charge is 0.321 e. The minimum absolute atomic E-state index is 0.420. The van der Waals surface area contributed by atoms with Gasteiger partial charge in [0.1, 0.15) is 6.04 Å². The molecule has 0 aromatic heterocycles. The van der Waals surface area contributed by atoms with E-state index >= 15 is 0 Å². The largest absolute Gasteiger partial charge is 0.480 e. The molecule has 0 saturated heterocycles. The Morgan fingerprint density at radius 1 is 1.41 bits per heavy atom. The SMILES string of the molecule is O=C(O)[C@H]1CC=C(Br)CN1Cc1ccccc1. The van der Waals surface area contributed by atoms with Crippen molar-refractivity contribution in [1.29, 1.82) is 0 Å². The van der Waals surface area contributed by atoms with Crippen LogP contribution < -0.4 is 0 Å². The van der Waals surface area contributed by atoms with Crippen molar-refractivity contribution < 1.29 is 9.90 Å². The van der Waals surface area contributed by atoms with Gasteiger partial charge in [-0.25, -0.2) is 0 Å². The second-order valence-corrected chi connectivity index (χ2v) is 5.15. The van der Waals surface area contributed by atoms with E-state index in [0.717, 1.165) is 10.0 Å². The van der Waals surface area contributed by atoms with Gasteiger partial charge in [-0.3, -0.25) is 9.69 Å². The highest BCUT2D eigenvalue weighted by atomic mass is 79.9. The summed E-state index contributed by atoms with van der Waals surface area (Å²) in [7, 11) is 0. The summed E-state index contributed by atoms with van der Waals surface area (Å²) in [6.07, 6.45) is 2.50. The van der Waals surface area contributed by atoms with Gasteiger partial charge < -0.3 is 5.11 Å². The highest BCUT2D eigenvalue weighted by molar-refractivity contribution is 9.11. The summed E-state index contributed by atoms with van der Waals surface area (Å²) in [4.78, 5) is 13.1. The van der Waals surface area contributed by atoms with E-state index in [1.807, 2.05) is 41.3 Å². The number of carboxylic acids is 1. The summed E-state index contributed by atoms with van der Waals surface area (Å²) >= 11 is 3.45. The van der Waals surface area contributed by atoms with Gasteiger partial charge in [-0.1, -0.05) is 52.3 Å². The van der Waals surface area contributed by atoms with Crippen LogP contribution in [0.3, 0.4) is 0 Å². The predicted molar refractivity (Wildman–Crippen MR) is 69.9 cm³/mol. The molecule has 1 N–H and O–H groups in total. The van der Waals surface area contributed by atoms with Gasteiger partial charge >= 0.3 is 5.97 Å². The molecule has 0 saturated carbocycles. The van der Waals surface area contributed by atoms with Crippen molar-refractivity contribution in [2.75, 3.05) is 6.54 Å². The molecule has 0 amide bonds. The van der Waals surface area contributed by atoms with E-state index in [1.54, 1.807) is 0 Å². The highest BCUT2D eigenvalue weighted by Gasteiger charge is 2.28. The van der Waals surface area contributed by atoms with E-state index < -0.39 is 12.0 Å². The monoisotopic (exact) mass is 295 g/mol. The van der Waals surface area contributed by atoms with Crippen LogP contribution in [-0.4, -0.2) is 28.6 Å². The molecule has 3 nitrogen and oxygen atoms in total. The number of hydrogen-bond acceptors (Lipinski definition) is 2. The number of hydrogen-bond donors (Lipinski definition) is 1. The normalized spacial score (nSPS) is 21.0. The number of aliphatic carboxylic acids is 1. The summed E-state index contributed by atoms with van der Waals surface area (Å²) in [6, 6.07) is 9.52. The maximum Gasteiger partial charge on any atom is 0.321 e. The zero-order valence-electron chi connectivity index (χ0n) is 9.34. The van der Waals surface area contributed by atoms with Crippen molar-refractivity contribution in [3.8, 4) is 0 Å². The molecule has 1 aromatic carbocycles. The molecule has 90 valence electrons. The molecular formula is C13H14BrNO2. The number of nitrogens with zero attached hydrogens (tertiary/aromatic N) is 1. The summed E-state index contributed by atoms with van der Waals surface area (Å²) < 4.78 is 1.06. The zero-order valence-corrected chi connectivity index (χ0v) is 10.9. The number of carboxylic acid groups (broad SMARTS) is 1. The molecule has 1 aromatic rings. The third kappa shape index (κ3) is 3.17. The number of benzene rings is 1. The Morgan fingerprint density at radius 2 is 2.12 bits per heavy atom. The van der Waals surface area contributed by atoms with Crippen LogP contribution in [0.2, 0.25) is 0 Å². The Kier molecular flexibility index (Phi) is 3.97. The average molecular weight is 296 g/mol. The van der Waals surface area contributed by atoms with Crippen LogP contribution in [0, 0.1) is 0 Å². The molecule has 1 aliphatic rings. The number of rotatable bonds is 3. The average Bonchev–Trinajstić information content (AvgIpc) is 2.30. The van der Waals surface area contributed by atoms with Crippen LogP contribution in [0.25, 0.3) is 0 Å². The maximum absolute atomic E-state index is 11.2. The first kappa shape index (κ1) is 12.3. The molecule has 1 atom stereocenters. The second-order valence-electron chi connectivity index (χ2n) is 4.13. The number of carbonyl (C=O) groups is 1. The zero-order chi connectivity index (χ0) is 12.3. The van der Waals surface area contributed by atoms with Gasteiger partial charge in [-0.05, 0) is 12.0 Å². The molecule has 1 heterocycles. The van der Waals surface area contributed by atoms with E-state index in [1.165, 1.54) is 0 Å². The Balaban J connectivity index is 2.12. The standard InChI is InChI=1S/C13H14BrNO2/c14-11-6-7-12(13(16)17)15(9-11)8-10-4-2-1-3-5-10/h1-6,12H,7-9H2,(H,16,17)/t12-/m1/s1. The van der Waals surface area contributed by atoms with Gasteiger partial charge in [0.05, 0.1) is 0 Å². The first-order valence-corrected chi connectivity index (χ1v) is 6.31. The van der Waals surface area contributed by atoms with Crippen LogP contribution in [0.15, 0.2) is 40.9 Å². The van der Waals surface area contributed by atoms with E-state index in [2.05, 4.69) is 15.9 Å². The van der Waals surface area contributed by atoms with Crippen LogP contribution in [-0.2, 0) is 11.3 Å². The van der Waals surface area contributed by atoms with E-state index in [-0.39, 0.29) is 0 Å². The van der Waals surface area contributed by atoms with Gasteiger partial charge in [-0.2, -0.15) is 0 Å². The first-order valence-electron chi connectivity index (χ1n) is 5.52. The summed E-state index contributed by atoms with van der Waals surface area (Å²) in [6.45, 7) is 1.33. The third-order valence-corrected chi connectivity index (χ3v) is 3.45. The van der Waals surface area contributed by atoms with Crippen molar-refractivity contribution >= 4 is 21.9 Å². The van der Waals surface area contributed by atoms with Crippen molar-refractivity contribution in [1.82, 2.24) is 4.90 Å². The molecule has 0 spiro atoms. The fourth-order valence-electron chi connectivity index (χ4n) is 2.00. The van der Waals surface area contributed by atoms with Crippen LogP contribution in [0.4, 0.5) is 0 Å². The lowest BCUT2D eigenvalue weighted by Gasteiger charge is -2.31. The lowest BCUT2D eigenvalue weighted by Crippen LogP contribution is -2.43. The quantitative estimate of drug-likeness (QED) is 0.932. The molecule has 0 bridgehead atoms. The van der Waals surface area contributed by atoms with Crippen LogP contribution in [0.5, 0.6) is 0 Å². The van der Waals surface area contributed by atoms with Gasteiger partial charge in [0.2, 0.25) is 0 Å². The van der Waals surface area contributed by atoms with Crippen molar-refractivity contribution in [2.45, 2.75) is 19.0 Å². The first-order chi connectivity index (χ1) is 8.16. The predicted octanol–water partition coefficient (Wildman–Crippen LogP) is 2.62. The third-order valence-electron chi connectivity index (χ3n) is 2.87. The molecule has 4 heteroatoms. The summed E-state index contributed by atoms with van der Waals surface area (Å²) in [5.74, 6) is -0.753. The van der Waals surface area contributed by atoms with E-state index in [0.29, 0.717) is 19.5 Å². The van der Waals surface area contributed by atoms with Crippen LogP contribution >= 0.6 is 15.9 Å². The fourth-order valence-corrected chi connectivity index (χ4v) is 2.51. The molecular weight excluding hydrogens is 282 g/mol.